The van der Waals surface area contributed by atoms with Gasteiger partial charge in [-0.15, -0.1) is 11.8 Å². The van der Waals surface area contributed by atoms with Crippen molar-refractivity contribution in [3.8, 4) is 0 Å². The lowest BCUT2D eigenvalue weighted by atomic mass is 10.0. The number of hydrogen-bond donors (Lipinski definition) is 0. The normalized spacial score (nSPS) is 16.9. The van der Waals surface area contributed by atoms with Crippen molar-refractivity contribution in [1.29, 1.82) is 0 Å². The zero-order chi connectivity index (χ0) is 18.3. The molecular weight excluding hydrogens is 344 g/mol. The number of para-hydroxylation sites is 1. The van der Waals surface area contributed by atoms with Crippen LogP contribution in [-0.2, 0) is 9.53 Å². The number of carbonyl (C=O) groups excluding carboxylic acids is 1. The highest BCUT2D eigenvalue weighted by Crippen LogP contribution is 2.39. The predicted octanol–water partition coefficient (Wildman–Crippen LogP) is 4.15. The van der Waals surface area contributed by atoms with Crippen molar-refractivity contribution in [3.63, 3.8) is 0 Å². The summed E-state index contributed by atoms with van der Waals surface area (Å²) in [4.78, 5) is 13.2. The van der Waals surface area contributed by atoms with Crippen LogP contribution in [0.1, 0.15) is 31.6 Å². The molecule has 132 valence electrons. The number of thioether (sulfide) groups is 1. The molecule has 0 N–H and O–H groups in total. The van der Waals surface area contributed by atoms with Crippen molar-refractivity contribution in [2.75, 3.05) is 0 Å². The molecule has 0 spiro atoms. The average Bonchev–Trinajstić information content (AvgIpc) is 2.98. The van der Waals surface area contributed by atoms with Crippen LogP contribution in [0.5, 0.6) is 0 Å². The van der Waals surface area contributed by atoms with Crippen LogP contribution in [0.15, 0.2) is 59.0 Å². The Kier molecular flexibility index (Phi) is 4.16. The number of esters is 1. The Bertz CT molecular complexity index is 1090. The van der Waals surface area contributed by atoms with Crippen molar-refractivity contribution in [2.24, 2.45) is 0 Å². The summed E-state index contributed by atoms with van der Waals surface area (Å²) >= 11 is 1.58. The van der Waals surface area contributed by atoms with E-state index in [4.69, 9.17) is 9.15 Å². The minimum absolute atomic E-state index is 0.125. The molecule has 0 saturated heterocycles. The zero-order valence-electron chi connectivity index (χ0n) is 15.0. The second kappa shape index (κ2) is 6.36. The molecule has 2 heterocycles. The van der Waals surface area contributed by atoms with E-state index in [2.05, 4.69) is 0 Å². The molecule has 1 unspecified atom stereocenters. The maximum Gasteiger partial charge on any atom is 0.336 e. The third kappa shape index (κ3) is 3.06. The van der Waals surface area contributed by atoms with Gasteiger partial charge in [0.2, 0.25) is 0 Å². The van der Waals surface area contributed by atoms with Crippen molar-refractivity contribution in [3.05, 3.63) is 70.8 Å². The van der Waals surface area contributed by atoms with Crippen LogP contribution >= 0.6 is 11.8 Å². The van der Waals surface area contributed by atoms with Gasteiger partial charge in [0.15, 0.2) is 0 Å². The number of ether oxygens (including phenoxy) is 1. The monoisotopic (exact) mass is 364 g/mol. The Labute approximate surface area is 156 Å². The van der Waals surface area contributed by atoms with Crippen molar-refractivity contribution >= 4 is 39.7 Å². The highest BCUT2D eigenvalue weighted by atomic mass is 32.2. The Morgan fingerprint density at radius 3 is 2.46 bits per heavy atom. The van der Waals surface area contributed by atoms with Gasteiger partial charge in [-0.1, -0.05) is 48.5 Å². The van der Waals surface area contributed by atoms with E-state index in [-0.39, 0.29) is 11.2 Å². The molecule has 1 aliphatic heterocycles. The predicted molar refractivity (Wildman–Crippen MR) is 106 cm³/mol. The maximum atomic E-state index is 13.2. The van der Waals surface area contributed by atoms with Crippen molar-refractivity contribution < 1.29 is 13.9 Å². The van der Waals surface area contributed by atoms with Crippen LogP contribution in [0, 0.1) is 0 Å². The van der Waals surface area contributed by atoms with Crippen LogP contribution in [0.25, 0.3) is 22.0 Å². The molecule has 0 bridgehead atoms. The quantitative estimate of drug-likeness (QED) is 0.641. The van der Waals surface area contributed by atoms with E-state index < -0.39 is 5.60 Å². The Hall–Kier alpha value is -2.46. The first-order chi connectivity index (χ1) is 12.4. The smallest absolute Gasteiger partial charge is 0.336 e. The van der Waals surface area contributed by atoms with E-state index >= 15 is 0 Å². The van der Waals surface area contributed by atoms with Gasteiger partial charge >= 0.3 is 5.97 Å². The summed E-state index contributed by atoms with van der Waals surface area (Å²) in [5, 5.41) is 3.67. The molecular formula is C22H20O3S. The van der Waals surface area contributed by atoms with E-state index in [1.165, 1.54) is 0 Å². The fourth-order valence-corrected chi connectivity index (χ4v) is 4.26. The molecule has 26 heavy (non-hydrogen) atoms. The lowest BCUT2D eigenvalue weighted by molar-refractivity contribution is -0.147. The second-order valence-corrected chi connectivity index (χ2v) is 8.28. The largest absolute Gasteiger partial charge is 0.457 e. The van der Waals surface area contributed by atoms with Gasteiger partial charge in [0.05, 0.1) is 10.8 Å². The summed E-state index contributed by atoms with van der Waals surface area (Å²) in [5.41, 5.74) is 2.68. The van der Waals surface area contributed by atoms with Gasteiger partial charge in [0.25, 0.3) is 0 Å². The topological polar surface area (TPSA) is 39.4 Å². The summed E-state index contributed by atoms with van der Waals surface area (Å²) in [6, 6.07) is 17.9. The molecule has 4 heteroatoms. The zero-order valence-corrected chi connectivity index (χ0v) is 15.8. The minimum Gasteiger partial charge on any atom is -0.457 e. The Balaban J connectivity index is 2.02. The van der Waals surface area contributed by atoms with Gasteiger partial charge in [-0.2, -0.15) is 0 Å². The standard InChI is InChI=1S/C22H20O3S/c1-22(2,3)25-21(23)19-18-15-11-7-8-12-16(15)24-17(18)13-26-20(19)14-9-5-4-6-10-14/h4-13,20H,1-3H3. The molecule has 0 amide bonds. The molecule has 0 radical (unpaired) electrons. The third-order valence-electron chi connectivity index (χ3n) is 4.19. The SMILES string of the molecule is CC(C)(C)OC(=O)C1=c2c(oc3ccccc23)=CSC1c1ccccc1. The molecule has 1 aromatic heterocycles. The molecule has 4 rings (SSSR count). The van der Waals surface area contributed by atoms with Gasteiger partial charge in [-0.05, 0) is 32.4 Å². The highest BCUT2D eigenvalue weighted by Gasteiger charge is 2.31. The van der Waals surface area contributed by atoms with Crippen LogP contribution < -0.4 is 10.6 Å². The molecule has 3 aromatic rings. The summed E-state index contributed by atoms with van der Waals surface area (Å²) in [6.45, 7) is 5.67. The lowest BCUT2D eigenvalue weighted by Crippen LogP contribution is -2.34. The highest BCUT2D eigenvalue weighted by molar-refractivity contribution is 8.07. The van der Waals surface area contributed by atoms with Crippen molar-refractivity contribution in [2.45, 2.75) is 31.6 Å². The van der Waals surface area contributed by atoms with E-state index in [1.807, 2.05) is 80.8 Å². The summed E-state index contributed by atoms with van der Waals surface area (Å²) in [7, 11) is 0. The number of fused-ring (bicyclic) bond motifs is 3. The lowest BCUT2D eigenvalue weighted by Gasteiger charge is -2.25. The molecule has 0 aliphatic carbocycles. The molecule has 0 fully saturated rings. The van der Waals surface area contributed by atoms with E-state index in [0.717, 1.165) is 27.2 Å². The van der Waals surface area contributed by atoms with E-state index in [9.17, 15) is 4.79 Å². The van der Waals surface area contributed by atoms with Gasteiger partial charge in [-0.3, -0.25) is 0 Å². The van der Waals surface area contributed by atoms with Crippen LogP contribution in [0.3, 0.4) is 0 Å². The van der Waals surface area contributed by atoms with E-state index in [0.29, 0.717) is 5.57 Å². The Morgan fingerprint density at radius 1 is 1.04 bits per heavy atom. The van der Waals surface area contributed by atoms with Gasteiger partial charge in [-0.25, -0.2) is 4.79 Å². The van der Waals surface area contributed by atoms with Crippen LogP contribution in [0.2, 0.25) is 0 Å². The van der Waals surface area contributed by atoms with Gasteiger partial charge in [0, 0.05) is 16.0 Å². The maximum absolute atomic E-state index is 13.2. The van der Waals surface area contributed by atoms with Crippen LogP contribution in [0.4, 0.5) is 0 Å². The molecule has 1 aliphatic rings. The molecule has 1 atom stereocenters. The second-order valence-electron chi connectivity index (χ2n) is 7.30. The van der Waals surface area contributed by atoms with Gasteiger partial charge in [0.1, 0.15) is 16.6 Å². The number of carbonyl (C=O) groups is 1. The molecule has 2 aromatic carbocycles. The van der Waals surface area contributed by atoms with E-state index in [1.54, 1.807) is 11.8 Å². The molecule has 3 nitrogen and oxygen atoms in total. The third-order valence-corrected chi connectivity index (χ3v) is 5.32. The fraction of sp³-hybridized carbons (Fsp3) is 0.227. The number of benzene rings is 2. The first kappa shape index (κ1) is 17.0. The number of hydrogen-bond acceptors (Lipinski definition) is 4. The average molecular weight is 364 g/mol. The van der Waals surface area contributed by atoms with Gasteiger partial charge < -0.3 is 9.15 Å². The minimum atomic E-state index is -0.559. The molecule has 0 saturated carbocycles. The fourth-order valence-electron chi connectivity index (χ4n) is 3.17. The van der Waals surface area contributed by atoms with Crippen molar-refractivity contribution in [1.82, 2.24) is 0 Å². The Morgan fingerprint density at radius 2 is 1.73 bits per heavy atom. The number of rotatable bonds is 2. The summed E-state index contributed by atoms with van der Waals surface area (Å²) in [6.07, 6.45) is 0. The summed E-state index contributed by atoms with van der Waals surface area (Å²) in [5.74, 6) is -0.292. The summed E-state index contributed by atoms with van der Waals surface area (Å²) < 4.78 is 11.7. The first-order valence-corrected chi connectivity index (χ1v) is 9.54. The number of furan rings is 1. The first-order valence-electron chi connectivity index (χ1n) is 8.60. The van der Waals surface area contributed by atoms with Crippen LogP contribution in [-0.4, -0.2) is 11.6 Å².